The smallest absolute Gasteiger partial charge is 0.325 e. The molecule has 1 amide bonds. The van der Waals surface area contributed by atoms with Crippen molar-refractivity contribution in [2.45, 2.75) is 37.3 Å². The molecular weight excluding hydrogens is 324 g/mol. The molecule has 6 heteroatoms. The fraction of sp³-hybridized carbons (Fsp3) is 0.444. The summed E-state index contributed by atoms with van der Waals surface area (Å²) in [5.41, 5.74) is 2.24. The molecule has 0 fully saturated rings. The highest BCUT2D eigenvalue weighted by molar-refractivity contribution is 8.00. The number of rotatable bonds is 7. The van der Waals surface area contributed by atoms with Crippen LogP contribution in [0.1, 0.15) is 25.8 Å². The van der Waals surface area contributed by atoms with Crippen LogP contribution >= 0.6 is 11.8 Å². The lowest BCUT2D eigenvalue weighted by Gasteiger charge is -2.18. The molecule has 0 aliphatic rings. The van der Waals surface area contributed by atoms with E-state index >= 15 is 0 Å². The van der Waals surface area contributed by atoms with Crippen LogP contribution in [0.3, 0.4) is 0 Å². The first-order chi connectivity index (χ1) is 11.4. The molecule has 0 bridgehead atoms. The van der Waals surface area contributed by atoms with Gasteiger partial charge in [-0.2, -0.15) is 0 Å². The largest absolute Gasteiger partial charge is 0.468 e. The zero-order valence-corrected chi connectivity index (χ0v) is 15.3. The summed E-state index contributed by atoms with van der Waals surface area (Å²) in [7, 11) is 1.31. The number of amides is 1. The van der Waals surface area contributed by atoms with Gasteiger partial charge in [-0.1, -0.05) is 26.0 Å². The van der Waals surface area contributed by atoms with Gasteiger partial charge in [0.25, 0.3) is 0 Å². The summed E-state index contributed by atoms with van der Waals surface area (Å²) in [6.07, 6.45) is 2.68. The molecule has 0 aliphatic heterocycles. The Morgan fingerprint density at radius 1 is 1.33 bits per heavy atom. The molecule has 0 aliphatic carbocycles. The normalized spacial score (nSPS) is 12.4. The Hall–Kier alpha value is -1.95. The second-order valence-electron chi connectivity index (χ2n) is 6.18. The standard InChI is InChI=1S/C18H24N2O3S/c1-11(2)8-14(18(22)20-10-16(21)23-4)24-15-9-19-13-7-5-6-12(3)17(13)15/h5-7,9,11,14,19H,8,10H2,1-4H3,(H,20,22). The molecule has 2 rings (SSSR count). The third kappa shape index (κ3) is 4.54. The lowest BCUT2D eigenvalue weighted by Crippen LogP contribution is -2.37. The molecule has 2 aromatic rings. The third-order valence-corrected chi connectivity index (χ3v) is 5.03. The minimum absolute atomic E-state index is 0.0998. The summed E-state index contributed by atoms with van der Waals surface area (Å²) >= 11 is 1.54. The Balaban J connectivity index is 2.18. The second kappa shape index (κ2) is 8.24. The molecule has 1 aromatic heterocycles. The zero-order valence-electron chi connectivity index (χ0n) is 14.5. The van der Waals surface area contributed by atoms with E-state index in [1.165, 1.54) is 24.4 Å². The van der Waals surface area contributed by atoms with E-state index in [1.54, 1.807) is 0 Å². The average molecular weight is 348 g/mol. The monoisotopic (exact) mass is 348 g/mol. The number of carbonyl (C=O) groups is 2. The molecule has 0 radical (unpaired) electrons. The summed E-state index contributed by atoms with van der Waals surface area (Å²) in [5, 5.41) is 3.56. The van der Waals surface area contributed by atoms with Crippen molar-refractivity contribution in [3.63, 3.8) is 0 Å². The molecule has 1 heterocycles. The number of aryl methyl sites for hydroxylation is 1. The number of ether oxygens (including phenoxy) is 1. The van der Waals surface area contributed by atoms with Gasteiger partial charge >= 0.3 is 5.97 Å². The van der Waals surface area contributed by atoms with Crippen molar-refractivity contribution in [3.05, 3.63) is 30.0 Å². The van der Waals surface area contributed by atoms with Crippen molar-refractivity contribution >= 4 is 34.5 Å². The van der Waals surface area contributed by atoms with Crippen molar-refractivity contribution in [3.8, 4) is 0 Å². The first kappa shape index (κ1) is 18.4. The van der Waals surface area contributed by atoms with Gasteiger partial charge in [-0.15, -0.1) is 11.8 Å². The summed E-state index contributed by atoms with van der Waals surface area (Å²) in [6.45, 7) is 6.13. The molecule has 0 saturated heterocycles. The number of carbonyl (C=O) groups excluding carboxylic acids is 2. The van der Waals surface area contributed by atoms with Crippen LogP contribution in [-0.4, -0.2) is 35.8 Å². The fourth-order valence-electron chi connectivity index (χ4n) is 2.56. The predicted molar refractivity (Wildman–Crippen MR) is 97.2 cm³/mol. The van der Waals surface area contributed by atoms with Gasteiger partial charge in [0.05, 0.1) is 12.4 Å². The molecule has 1 unspecified atom stereocenters. The maximum atomic E-state index is 12.5. The number of H-pyrrole nitrogens is 1. The van der Waals surface area contributed by atoms with Crippen molar-refractivity contribution < 1.29 is 14.3 Å². The van der Waals surface area contributed by atoms with E-state index in [0.717, 1.165) is 22.2 Å². The molecule has 2 N–H and O–H groups in total. The molecular formula is C18H24N2O3S. The van der Waals surface area contributed by atoms with Gasteiger partial charge in [-0.3, -0.25) is 9.59 Å². The number of aromatic nitrogens is 1. The minimum atomic E-state index is -0.445. The highest BCUT2D eigenvalue weighted by atomic mass is 32.2. The van der Waals surface area contributed by atoms with Crippen molar-refractivity contribution in [1.82, 2.24) is 10.3 Å². The van der Waals surface area contributed by atoms with Crippen LogP contribution in [0.25, 0.3) is 10.9 Å². The van der Waals surface area contributed by atoms with Crippen LogP contribution in [0.4, 0.5) is 0 Å². The van der Waals surface area contributed by atoms with Gasteiger partial charge in [0.1, 0.15) is 6.54 Å². The molecule has 130 valence electrons. The Labute approximate surface area is 146 Å². The zero-order chi connectivity index (χ0) is 17.7. The summed E-state index contributed by atoms with van der Waals surface area (Å²) in [4.78, 5) is 28.1. The van der Waals surface area contributed by atoms with E-state index < -0.39 is 5.97 Å². The molecule has 0 spiro atoms. The third-order valence-electron chi connectivity index (χ3n) is 3.76. The van der Waals surface area contributed by atoms with Crippen LogP contribution in [0.15, 0.2) is 29.3 Å². The lowest BCUT2D eigenvalue weighted by molar-refractivity contribution is -0.141. The molecule has 1 aromatic carbocycles. The van der Waals surface area contributed by atoms with E-state index in [4.69, 9.17) is 0 Å². The number of esters is 1. The van der Waals surface area contributed by atoms with Crippen LogP contribution in [0, 0.1) is 12.8 Å². The van der Waals surface area contributed by atoms with E-state index in [-0.39, 0.29) is 17.7 Å². The first-order valence-corrected chi connectivity index (χ1v) is 8.88. The van der Waals surface area contributed by atoms with Crippen LogP contribution < -0.4 is 5.32 Å². The van der Waals surface area contributed by atoms with E-state index in [0.29, 0.717) is 5.92 Å². The topological polar surface area (TPSA) is 71.2 Å². The Kier molecular flexibility index (Phi) is 6.31. The highest BCUT2D eigenvalue weighted by Gasteiger charge is 2.23. The SMILES string of the molecule is COC(=O)CNC(=O)C(CC(C)C)Sc1c[nH]c2cccc(C)c12. The van der Waals surface area contributed by atoms with Gasteiger partial charge < -0.3 is 15.0 Å². The number of thioether (sulfide) groups is 1. The van der Waals surface area contributed by atoms with Crippen molar-refractivity contribution in [2.24, 2.45) is 5.92 Å². The fourth-order valence-corrected chi connectivity index (χ4v) is 4.05. The number of methoxy groups -OCH3 is 1. The second-order valence-corrected chi connectivity index (χ2v) is 7.42. The van der Waals surface area contributed by atoms with Gasteiger partial charge in [0, 0.05) is 22.0 Å². The van der Waals surface area contributed by atoms with Crippen LogP contribution in [0.2, 0.25) is 0 Å². The lowest BCUT2D eigenvalue weighted by atomic mass is 10.1. The maximum Gasteiger partial charge on any atom is 0.325 e. The molecule has 0 saturated carbocycles. The van der Waals surface area contributed by atoms with Crippen LogP contribution in [0.5, 0.6) is 0 Å². The summed E-state index contributed by atoms with van der Waals surface area (Å²) < 4.78 is 4.58. The summed E-state index contributed by atoms with van der Waals surface area (Å²) in [5.74, 6) is -0.209. The van der Waals surface area contributed by atoms with E-state index in [9.17, 15) is 9.59 Å². The van der Waals surface area contributed by atoms with Gasteiger partial charge in [-0.05, 0) is 30.9 Å². The van der Waals surface area contributed by atoms with Gasteiger partial charge in [0.15, 0.2) is 0 Å². The number of aromatic amines is 1. The van der Waals surface area contributed by atoms with Crippen LogP contribution in [-0.2, 0) is 14.3 Å². The predicted octanol–water partition coefficient (Wildman–Crippen LogP) is 3.27. The Morgan fingerprint density at radius 3 is 2.75 bits per heavy atom. The summed E-state index contributed by atoms with van der Waals surface area (Å²) in [6, 6.07) is 6.10. The van der Waals surface area contributed by atoms with Crippen molar-refractivity contribution in [2.75, 3.05) is 13.7 Å². The molecule has 5 nitrogen and oxygen atoms in total. The minimum Gasteiger partial charge on any atom is -0.468 e. The number of hydrogen-bond donors (Lipinski definition) is 2. The van der Waals surface area contributed by atoms with Crippen molar-refractivity contribution in [1.29, 1.82) is 0 Å². The quantitative estimate of drug-likeness (QED) is 0.595. The van der Waals surface area contributed by atoms with E-state index in [1.807, 2.05) is 18.3 Å². The molecule has 24 heavy (non-hydrogen) atoms. The van der Waals surface area contributed by atoms with Gasteiger partial charge in [-0.25, -0.2) is 0 Å². The Bertz CT molecular complexity index is 724. The molecule has 1 atom stereocenters. The maximum absolute atomic E-state index is 12.5. The number of hydrogen-bond acceptors (Lipinski definition) is 4. The van der Waals surface area contributed by atoms with E-state index in [2.05, 4.69) is 41.9 Å². The number of nitrogens with one attached hydrogen (secondary N) is 2. The first-order valence-electron chi connectivity index (χ1n) is 8.00. The Morgan fingerprint density at radius 2 is 2.08 bits per heavy atom. The van der Waals surface area contributed by atoms with Gasteiger partial charge in [0.2, 0.25) is 5.91 Å². The number of fused-ring (bicyclic) bond motifs is 1. The number of benzene rings is 1. The average Bonchev–Trinajstić information content (AvgIpc) is 2.95. The highest BCUT2D eigenvalue weighted by Crippen LogP contribution is 2.35.